The Morgan fingerprint density at radius 2 is 2.38 bits per heavy atom. The minimum atomic E-state index is 0.153. The van der Waals surface area contributed by atoms with Crippen LogP contribution in [0, 0.1) is 11.8 Å². The summed E-state index contributed by atoms with van der Waals surface area (Å²) in [5, 5.41) is 12.1. The van der Waals surface area contributed by atoms with Crippen LogP contribution in [0.2, 0.25) is 0 Å². The Bertz CT molecular complexity index is 325. The van der Waals surface area contributed by atoms with Crippen molar-refractivity contribution in [2.75, 3.05) is 13.6 Å². The summed E-state index contributed by atoms with van der Waals surface area (Å²) in [7, 11) is 1.89. The maximum atomic E-state index is 9.07. The summed E-state index contributed by atoms with van der Waals surface area (Å²) in [4.78, 5) is 3.81. The highest BCUT2D eigenvalue weighted by Gasteiger charge is 1.88. The zero-order valence-corrected chi connectivity index (χ0v) is 7.54. The van der Waals surface area contributed by atoms with Crippen LogP contribution in [-0.4, -0.2) is 23.7 Å². The van der Waals surface area contributed by atoms with E-state index in [-0.39, 0.29) is 5.75 Å². The SMILES string of the molecule is CNCCC#Cc1cncc(O)c1. The maximum absolute atomic E-state index is 9.07. The van der Waals surface area contributed by atoms with Crippen LogP contribution in [0.25, 0.3) is 0 Å². The number of pyridine rings is 1. The van der Waals surface area contributed by atoms with Crippen molar-refractivity contribution in [2.45, 2.75) is 6.42 Å². The molecule has 0 saturated carbocycles. The molecule has 1 rings (SSSR count). The lowest BCUT2D eigenvalue weighted by atomic mass is 10.2. The number of hydrogen-bond donors (Lipinski definition) is 2. The summed E-state index contributed by atoms with van der Waals surface area (Å²) in [5.41, 5.74) is 0.746. The molecule has 1 aromatic heterocycles. The molecule has 1 heterocycles. The molecule has 3 nitrogen and oxygen atoms in total. The first-order chi connectivity index (χ1) is 6.33. The van der Waals surface area contributed by atoms with Gasteiger partial charge in [-0.3, -0.25) is 4.98 Å². The summed E-state index contributed by atoms with van der Waals surface area (Å²) in [6.45, 7) is 0.874. The quantitative estimate of drug-likeness (QED) is 0.516. The van der Waals surface area contributed by atoms with Gasteiger partial charge in [0.1, 0.15) is 5.75 Å². The van der Waals surface area contributed by atoms with Crippen molar-refractivity contribution in [3.63, 3.8) is 0 Å². The van der Waals surface area contributed by atoms with E-state index in [0.29, 0.717) is 0 Å². The molecule has 2 N–H and O–H groups in total. The lowest BCUT2D eigenvalue weighted by molar-refractivity contribution is 0.472. The van der Waals surface area contributed by atoms with Gasteiger partial charge in [-0.15, -0.1) is 0 Å². The minimum Gasteiger partial charge on any atom is -0.506 e. The summed E-state index contributed by atoms with van der Waals surface area (Å²) in [6.07, 6.45) is 3.82. The number of aromatic hydroxyl groups is 1. The zero-order valence-electron chi connectivity index (χ0n) is 7.54. The number of aromatic nitrogens is 1. The van der Waals surface area contributed by atoms with Crippen LogP contribution in [0.5, 0.6) is 5.75 Å². The first kappa shape index (κ1) is 9.56. The molecule has 0 unspecified atom stereocenters. The van der Waals surface area contributed by atoms with Gasteiger partial charge in [0.05, 0.1) is 6.20 Å². The molecule has 13 heavy (non-hydrogen) atoms. The van der Waals surface area contributed by atoms with E-state index in [2.05, 4.69) is 22.1 Å². The van der Waals surface area contributed by atoms with Gasteiger partial charge in [0.25, 0.3) is 0 Å². The van der Waals surface area contributed by atoms with Crippen molar-refractivity contribution >= 4 is 0 Å². The van der Waals surface area contributed by atoms with Gasteiger partial charge in [0, 0.05) is 24.7 Å². The Morgan fingerprint density at radius 1 is 1.54 bits per heavy atom. The third-order valence-electron chi connectivity index (χ3n) is 1.46. The maximum Gasteiger partial charge on any atom is 0.135 e. The lowest BCUT2D eigenvalue weighted by Gasteiger charge is -1.91. The van der Waals surface area contributed by atoms with Crippen LogP contribution < -0.4 is 5.32 Å². The fraction of sp³-hybridized carbons (Fsp3) is 0.300. The molecule has 0 saturated heterocycles. The Kier molecular flexibility index (Phi) is 3.80. The molecular weight excluding hydrogens is 164 g/mol. The average molecular weight is 176 g/mol. The molecule has 0 amide bonds. The van der Waals surface area contributed by atoms with Crippen molar-refractivity contribution in [1.29, 1.82) is 0 Å². The molecule has 3 heteroatoms. The molecule has 0 radical (unpaired) electrons. The van der Waals surface area contributed by atoms with E-state index in [1.165, 1.54) is 6.20 Å². The molecule has 68 valence electrons. The molecule has 1 aromatic rings. The van der Waals surface area contributed by atoms with E-state index in [0.717, 1.165) is 18.5 Å². The molecule has 0 spiro atoms. The summed E-state index contributed by atoms with van der Waals surface area (Å²) < 4.78 is 0. The first-order valence-electron chi connectivity index (χ1n) is 4.10. The van der Waals surface area contributed by atoms with Gasteiger partial charge in [-0.1, -0.05) is 11.8 Å². The molecular formula is C10H12N2O. The molecule has 0 aliphatic carbocycles. The van der Waals surface area contributed by atoms with Crippen molar-refractivity contribution in [2.24, 2.45) is 0 Å². The van der Waals surface area contributed by atoms with E-state index >= 15 is 0 Å². The summed E-state index contributed by atoms with van der Waals surface area (Å²) >= 11 is 0. The highest BCUT2D eigenvalue weighted by molar-refractivity contribution is 5.35. The van der Waals surface area contributed by atoms with E-state index in [1.807, 2.05) is 7.05 Å². The minimum absolute atomic E-state index is 0.153. The zero-order chi connectivity index (χ0) is 9.52. The summed E-state index contributed by atoms with van der Waals surface area (Å²) in [5.74, 6) is 6.03. The van der Waals surface area contributed by atoms with Gasteiger partial charge in [0.15, 0.2) is 0 Å². The van der Waals surface area contributed by atoms with Crippen LogP contribution >= 0.6 is 0 Å². The Balaban J connectivity index is 2.56. The van der Waals surface area contributed by atoms with Crippen LogP contribution in [-0.2, 0) is 0 Å². The normalized spacial score (nSPS) is 9.00. The molecule has 0 aliphatic rings. The third-order valence-corrected chi connectivity index (χ3v) is 1.46. The molecule has 0 fully saturated rings. The number of rotatable bonds is 2. The van der Waals surface area contributed by atoms with Gasteiger partial charge >= 0.3 is 0 Å². The van der Waals surface area contributed by atoms with Crippen molar-refractivity contribution in [1.82, 2.24) is 10.3 Å². The van der Waals surface area contributed by atoms with Crippen molar-refractivity contribution < 1.29 is 5.11 Å². The number of nitrogens with one attached hydrogen (secondary N) is 1. The average Bonchev–Trinajstić information content (AvgIpc) is 2.13. The largest absolute Gasteiger partial charge is 0.506 e. The second kappa shape index (κ2) is 5.18. The topological polar surface area (TPSA) is 45.2 Å². The second-order valence-corrected chi connectivity index (χ2v) is 2.59. The second-order valence-electron chi connectivity index (χ2n) is 2.59. The van der Waals surface area contributed by atoms with Crippen molar-refractivity contribution in [3.05, 3.63) is 24.0 Å². The lowest BCUT2D eigenvalue weighted by Crippen LogP contribution is -2.05. The fourth-order valence-electron chi connectivity index (χ4n) is 0.848. The monoisotopic (exact) mass is 176 g/mol. The Morgan fingerprint density at radius 3 is 3.08 bits per heavy atom. The first-order valence-corrected chi connectivity index (χ1v) is 4.10. The Hall–Kier alpha value is -1.53. The fourth-order valence-corrected chi connectivity index (χ4v) is 0.848. The number of nitrogens with zero attached hydrogens (tertiary/aromatic N) is 1. The predicted octanol–water partition coefficient (Wildman–Crippen LogP) is 0.748. The molecule has 0 aromatic carbocycles. The molecule has 0 atom stereocenters. The van der Waals surface area contributed by atoms with Gasteiger partial charge in [-0.25, -0.2) is 0 Å². The van der Waals surface area contributed by atoms with Gasteiger partial charge < -0.3 is 10.4 Å². The smallest absolute Gasteiger partial charge is 0.135 e. The van der Waals surface area contributed by atoms with Gasteiger partial charge in [-0.2, -0.15) is 0 Å². The van der Waals surface area contributed by atoms with E-state index in [9.17, 15) is 0 Å². The highest BCUT2D eigenvalue weighted by atomic mass is 16.3. The van der Waals surface area contributed by atoms with E-state index in [1.54, 1.807) is 12.3 Å². The standard InChI is InChI=1S/C10H12N2O/c1-11-5-3-2-4-9-6-10(13)8-12-7-9/h6-8,11,13H,3,5H2,1H3. The number of hydrogen-bond acceptors (Lipinski definition) is 3. The molecule has 0 bridgehead atoms. The third kappa shape index (κ3) is 3.59. The van der Waals surface area contributed by atoms with E-state index < -0.39 is 0 Å². The predicted molar refractivity (Wildman–Crippen MR) is 51.3 cm³/mol. The van der Waals surface area contributed by atoms with Crippen LogP contribution in [0.4, 0.5) is 0 Å². The van der Waals surface area contributed by atoms with Crippen LogP contribution in [0.1, 0.15) is 12.0 Å². The van der Waals surface area contributed by atoms with Crippen LogP contribution in [0.15, 0.2) is 18.5 Å². The highest BCUT2D eigenvalue weighted by Crippen LogP contribution is 2.06. The van der Waals surface area contributed by atoms with Crippen molar-refractivity contribution in [3.8, 4) is 17.6 Å². The van der Waals surface area contributed by atoms with E-state index in [4.69, 9.17) is 5.11 Å². The summed E-state index contributed by atoms with van der Waals surface area (Å²) in [6, 6.07) is 1.60. The molecule has 0 aliphatic heterocycles. The van der Waals surface area contributed by atoms with Gasteiger partial charge in [-0.05, 0) is 13.1 Å². The van der Waals surface area contributed by atoms with Crippen LogP contribution in [0.3, 0.4) is 0 Å². The Labute approximate surface area is 77.8 Å². The van der Waals surface area contributed by atoms with Gasteiger partial charge in [0.2, 0.25) is 0 Å².